The van der Waals surface area contributed by atoms with Crippen molar-refractivity contribution >= 4 is 37.7 Å². The van der Waals surface area contributed by atoms with E-state index < -0.39 is 0 Å². The second-order valence-corrected chi connectivity index (χ2v) is 4.59. The van der Waals surface area contributed by atoms with E-state index in [2.05, 4.69) is 67.6 Å². The van der Waals surface area contributed by atoms with Gasteiger partial charge in [-0.1, -0.05) is 71.8 Å². The Labute approximate surface area is 150 Å². The Morgan fingerprint density at radius 2 is 1.17 bits per heavy atom. The number of hydrogen-bond donors (Lipinski definition) is 0. The molecule has 0 aliphatic heterocycles. The summed E-state index contributed by atoms with van der Waals surface area (Å²) < 4.78 is 0. The van der Waals surface area contributed by atoms with Crippen molar-refractivity contribution in [1.82, 2.24) is 0 Å². The van der Waals surface area contributed by atoms with Crippen molar-refractivity contribution in [2.75, 3.05) is 0 Å². The van der Waals surface area contributed by atoms with Gasteiger partial charge in [0.1, 0.15) is 0 Å². The van der Waals surface area contributed by atoms with Crippen molar-refractivity contribution in [3.05, 3.63) is 77.7 Å². The summed E-state index contributed by atoms with van der Waals surface area (Å²) in [6.45, 7) is 2.26. The van der Waals surface area contributed by atoms with Crippen LogP contribution in [-0.2, 0) is 5.41 Å². The molecule has 3 rings (SSSR count). The summed E-state index contributed by atoms with van der Waals surface area (Å²) in [7, 11) is 0. The first-order valence-corrected chi connectivity index (χ1v) is 5.78. The van der Waals surface area contributed by atoms with E-state index in [1.54, 1.807) is 5.92 Å². The minimum atomic E-state index is 0. The standard InChI is InChI=1S/C16H15.BrH.Ca/c1-13-12-16(13,14-8-4-2-5-9-14)15-10-6-3-7-11-15;;/h2-11H,12H2,1H3;1H;/q-1;;+2/p-1. The third-order valence-electron chi connectivity index (χ3n) is 3.67. The van der Waals surface area contributed by atoms with E-state index in [9.17, 15) is 0 Å². The van der Waals surface area contributed by atoms with E-state index in [4.69, 9.17) is 0 Å². The van der Waals surface area contributed by atoms with Gasteiger partial charge in [0.15, 0.2) is 0 Å². The van der Waals surface area contributed by atoms with Crippen LogP contribution in [0.15, 0.2) is 60.7 Å². The Hall–Kier alpha value is 0.180. The number of hydrogen-bond acceptors (Lipinski definition) is 0. The summed E-state index contributed by atoms with van der Waals surface area (Å²) in [5.74, 6) is 1.57. The van der Waals surface area contributed by atoms with Gasteiger partial charge >= 0.3 is 37.7 Å². The van der Waals surface area contributed by atoms with Gasteiger partial charge in [-0.2, -0.15) is 13.3 Å². The van der Waals surface area contributed by atoms with E-state index in [1.165, 1.54) is 17.5 Å². The minimum absolute atomic E-state index is 0. The molecule has 2 heteroatoms. The average Bonchev–Trinajstić information content (AvgIpc) is 3.05. The maximum absolute atomic E-state index is 2.26. The van der Waals surface area contributed by atoms with Gasteiger partial charge in [-0.25, -0.2) is 0 Å². The molecule has 0 nitrogen and oxygen atoms in total. The Morgan fingerprint density at radius 1 is 0.833 bits per heavy atom. The summed E-state index contributed by atoms with van der Waals surface area (Å²) in [6.07, 6.45) is 1.20. The van der Waals surface area contributed by atoms with Crippen LogP contribution < -0.4 is 17.0 Å². The normalized spacial score (nSPS) is 16.3. The van der Waals surface area contributed by atoms with E-state index >= 15 is 0 Å². The molecule has 0 atom stereocenters. The summed E-state index contributed by atoms with van der Waals surface area (Å²) in [6, 6.07) is 21.6. The van der Waals surface area contributed by atoms with Crippen LogP contribution in [0.25, 0.3) is 0 Å². The van der Waals surface area contributed by atoms with Crippen molar-refractivity contribution in [3.63, 3.8) is 0 Å². The molecule has 0 N–H and O–H groups in total. The molecule has 1 aliphatic carbocycles. The van der Waals surface area contributed by atoms with Crippen molar-refractivity contribution in [1.29, 1.82) is 0 Å². The minimum Gasteiger partial charge on any atom is -1.00 e. The molecular formula is C16H15BrCa. The van der Waals surface area contributed by atoms with Crippen LogP contribution in [0.3, 0.4) is 0 Å². The van der Waals surface area contributed by atoms with Crippen LogP contribution >= 0.6 is 0 Å². The molecule has 0 saturated heterocycles. The monoisotopic (exact) mass is 326 g/mol. The summed E-state index contributed by atoms with van der Waals surface area (Å²) in [5, 5.41) is 0. The average molecular weight is 327 g/mol. The predicted octanol–water partition coefficient (Wildman–Crippen LogP) is 0.594. The molecule has 2 aromatic carbocycles. The molecule has 0 aromatic heterocycles. The SMILES string of the molecule is C[C-]1CC1(c1ccccc1)c1ccccc1.[Br-].[Ca+2]. The maximum atomic E-state index is 2.26. The molecule has 0 bridgehead atoms. The Balaban J connectivity index is 0.000000810. The second kappa shape index (κ2) is 6.56. The fraction of sp³-hybridized carbons (Fsp3) is 0.188. The van der Waals surface area contributed by atoms with E-state index in [0.29, 0.717) is 0 Å². The molecule has 1 aliphatic rings. The molecule has 88 valence electrons. The molecule has 18 heavy (non-hydrogen) atoms. The second-order valence-electron chi connectivity index (χ2n) is 4.59. The molecular weight excluding hydrogens is 312 g/mol. The third kappa shape index (κ3) is 2.70. The first-order valence-electron chi connectivity index (χ1n) is 5.78. The molecule has 1 saturated carbocycles. The van der Waals surface area contributed by atoms with Crippen LogP contribution in [0.4, 0.5) is 0 Å². The first kappa shape index (κ1) is 16.2. The fourth-order valence-electron chi connectivity index (χ4n) is 2.66. The van der Waals surface area contributed by atoms with Gasteiger partial charge < -0.3 is 22.9 Å². The van der Waals surface area contributed by atoms with Gasteiger partial charge in [-0.3, -0.25) is 0 Å². The van der Waals surface area contributed by atoms with Gasteiger partial charge in [0.05, 0.1) is 0 Å². The fourth-order valence-corrected chi connectivity index (χ4v) is 2.66. The van der Waals surface area contributed by atoms with Crippen LogP contribution in [0.2, 0.25) is 0 Å². The van der Waals surface area contributed by atoms with Crippen LogP contribution in [-0.4, -0.2) is 37.7 Å². The van der Waals surface area contributed by atoms with E-state index in [-0.39, 0.29) is 60.1 Å². The van der Waals surface area contributed by atoms with Crippen molar-refractivity contribution in [2.45, 2.75) is 18.8 Å². The number of rotatable bonds is 2. The van der Waals surface area contributed by atoms with Crippen LogP contribution in [0, 0.1) is 5.92 Å². The van der Waals surface area contributed by atoms with Crippen molar-refractivity contribution < 1.29 is 17.0 Å². The van der Waals surface area contributed by atoms with Gasteiger partial charge in [-0.15, -0.1) is 5.41 Å². The summed E-state index contributed by atoms with van der Waals surface area (Å²) >= 11 is 0. The van der Waals surface area contributed by atoms with Crippen LogP contribution in [0.5, 0.6) is 0 Å². The Bertz CT molecular complexity index is 441. The smallest absolute Gasteiger partial charge is 1.00 e. The number of benzene rings is 2. The zero-order chi connectivity index (χ0) is 11.0. The summed E-state index contributed by atoms with van der Waals surface area (Å²) in [4.78, 5) is 0. The van der Waals surface area contributed by atoms with E-state index in [0.717, 1.165) is 0 Å². The Morgan fingerprint density at radius 3 is 1.44 bits per heavy atom. The first-order chi connectivity index (χ1) is 7.84. The molecule has 0 radical (unpaired) electrons. The molecule has 0 heterocycles. The summed E-state index contributed by atoms with van der Waals surface area (Å²) in [5.41, 5.74) is 3.07. The van der Waals surface area contributed by atoms with Crippen molar-refractivity contribution in [3.8, 4) is 0 Å². The molecule has 1 fully saturated rings. The maximum Gasteiger partial charge on any atom is 2.00 e. The van der Waals surface area contributed by atoms with Crippen LogP contribution in [0.1, 0.15) is 24.5 Å². The molecule has 0 spiro atoms. The zero-order valence-corrected chi connectivity index (χ0v) is 14.4. The van der Waals surface area contributed by atoms with Gasteiger partial charge in [-0.05, 0) is 0 Å². The predicted molar refractivity (Wildman–Crippen MR) is 73.0 cm³/mol. The van der Waals surface area contributed by atoms with Crippen molar-refractivity contribution in [2.24, 2.45) is 0 Å². The number of halogens is 1. The topological polar surface area (TPSA) is 0 Å². The van der Waals surface area contributed by atoms with Gasteiger partial charge in [0.2, 0.25) is 0 Å². The van der Waals surface area contributed by atoms with E-state index in [1.807, 2.05) is 0 Å². The van der Waals surface area contributed by atoms with Gasteiger partial charge in [0.25, 0.3) is 0 Å². The zero-order valence-electron chi connectivity index (χ0n) is 10.6. The largest absolute Gasteiger partial charge is 2.00 e. The molecule has 2 aromatic rings. The Kier molecular flexibility index (Phi) is 5.92. The third-order valence-corrected chi connectivity index (χ3v) is 3.67. The quantitative estimate of drug-likeness (QED) is 0.560. The molecule has 0 amide bonds. The van der Waals surface area contributed by atoms with Gasteiger partial charge in [0, 0.05) is 0 Å². The molecule has 0 unspecified atom stereocenters.